The summed E-state index contributed by atoms with van der Waals surface area (Å²) in [6, 6.07) is 0. The molecule has 1 N–H and O–H groups in total. The second kappa shape index (κ2) is 8.51. The fourth-order valence-corrected chi connectivity index (χ4v) is 1.58. The fraction of sp³-hybridized carbons (Fsp3) is 0.929. The molecule has 0 amide bonds. The molecule has 0 aromatic rings. The molecule has 1 atom stereocenters. The number of carboxylic acids is 1. The van der Waals surface area contributed by atoms with Crippen LogP contribution in [0.5, 0.6) is 0 Å². The maximum absolute atomic E-state index is 10.9. The van der Waals surface area contributed by atoms with Crippen molar-refractivity contribution in [2.24, 2.45) is 11.3 Å². The van der Waals surface area contributed by atoms with Crippen molar-refractivity contribution in [3.05, 3.63) is 0 Å². The number of carboxylic acid groups (broad SMARTS) is 1. The van der Waals surface area contributed by atoms with Crippen molar-refractivity contribution in [1.29, 1.82) is 0 Å². The monoisotopic (exact) mass is 244 g/mol. The van der Waals surface area contributed by atoms with Crippen LogP contribution in [0.1, 0.15) is 59.8 Å². The van der Waals surface area contributed by atoms with Crippen LogP contribution in [0.3, 0.4) is 0 Å². The van der Waals surface area contributed by atoms with Crippen molar-refractivity contribution >= 4 is 5.97 Å². The van der Waals surface area contributed by atoms with Crippen molar-refractivity contribution in [1.82, 2.24) is 0 Å². The average molecular weight is 244 g/mol. The van der Waals surface area contributed by atoms with E-state index in [1.807, 2.05) is 0 Å². The summed E-state index contributed by atoms with van der Waals surface area (Å²) in [6.07, 6.45) is 5.41. The van der Waals surface area contributed by atoms with E-state index in [0.717, 1.165) is 13.0 Å². The molecule has 17 heavy (non-hydrogen) atoms. The van der Waals surface area contributed by atoms with E-state index in [9.17, 15) is 4.79 Å². The van der Waals surface area contributed by atoms with Crippen molar-refractivity contribution < 1.29 is 14.6 Å². The van der Waals surface area contributed by atoms with Gasteiger partial charge in [0.15, 0.2) is 0 Å². The summed E-state index contributed by atoms with van der Waals surface area (Å²) >= 11 is 0. The Balaban J connectivity index is 3.71. The predicted octanol–water partition coefficient (Wildman–Crippen LogP) is 3.72. The Kier molecular flexibility index (Phi) is 8.23. The van der Waals surface area contributed by atoms with Gasteiger partial charge in [-0.1, -0.05) is 33.1 Å². The van der Waals surface area contributed by atoms with E-state index in [1.165, 1.54) is 19.3 Å². The van der Waals surface area contributed by atoms with Crippen LogP contribution in [0.4, 0.5) is 0 Å². The molecule has 0 spiro atoms. The summed E-state index contributed by atoms with van der Waals surface area (Å²) in [5.41, 5.74) is -0.675. The summed E-state index contributed by atoms with van der Waals surface area (Å²) in [7, 11) is 0. The molecule has 0 rings (SSSR count). The third-order valence-electron chi connectivity index (χ3n) is 3.35. The summed E-state index contributed by atoms with van der Waals surface area (Å²) in [5, 5.41) is 8.96. The molecule has 0 fully saturated rings. The summed E-state index contributed by atoms with van der Waals surface area (Å²) in [5.74, 6) is -0.123. The number of unbranched alkanes of at least 4 members (excludes halogenated alkanes) is 1. The Labute approximate surface area is 106 Å². The summed E-state index contributed by atoms with van der Waals surface area (Å²) in [6.45, 7) is 9.18. The molecule has 102 valence electrons. The van der Waals surface area contributed by atoms with E-state index in [2.05, 4.69) is 13.8 Å². The number of rotatable bonds is 10. The Morgan fingerprint density at radius 1 is 1.35 bits per heavy atom. The van der Waals surface area contributed by atoms with Gasteiger partial charge < -0.3 is 9.84 Å². The molecular weight excluding hydrogens is 216 g/mol. The highest BCUT2D eigenvalue weighted by Crippen LogP contribution is 2.20. The lowest BCUT2D eigenvalue weighted by Gasteiger charge is -2.20. The minimum atomic E-state index is -0.751. The van der Waals surface area contributed by atoms with Crippen molar-refractivity contribution in [2.45, 2.75) is 59.8 Å². The first-order valence-electron chi connectivity index (χ1n) is 6.75. The highest BCUT2D eigenvalue weighted by Gasteiger charge is 2.26. The van der Waals surface area contributed by atoms with E-state index in [1.54, 1.807) is 13.8 Å². The minimum Gasteiger partial charge on any atom is -0.481 e. The summed E-state index contributed by atoms with van der Waals surface area (Å²) < 4.78 is 5.61. The van der Waals surface area contributed by atoms with Crippen LogP contribution in [0.15, 0.2) is 0 Å². The number of carbonyl (C=O) groups is 1. The van der Waals surface area contributed by atoms with Crippen LogP contribution in [-0.2, 0) is 9.53 Å². The molecule has 0 bridgehead atoms. The van der Waals surface area contributed by atoms with Gasteiger partial charge in [0.05, 0.1) is 5.41 Å². The smallest absolute Gasteiger partial charge is 0.309 e. The van der Waals surface area contributed by atoms with Crippen molar-refractivity contribution in [3.63, 3.8) is 0 Å². The first kappa shape index (κ1) is 16.4. The zero-order valence-corrected chi connectivity index (χ0v) is 11.8. The molecular formula is C14H28O3. The number of ether oxygens (including phenoxy) is 1. The first-order chi connectivity index (χ1) is 7.94. The van der Waals surface area contributed by atoms with Gasteiger partial charge in [-0.3, -0.25) is 4.79 Å². The van der Waals surface area contributed by atoms with Gasteiger partial charge in [-0.25, -0.2) is 0 Å². The van der Waals surface area contributed by atoms with Crippen LogP contribution in [-0.4, -0.2) is 24.3 Å². The zero-order chi connectivity index (χ0) is 13.3. The van der Waals surface area contributed by atoms with Gasteiger partial charge in [-0.15, -0.1) is 0 Å². The molecule has 0 heterocycles. The molecule has 0 aliphatic rings. The lowest BCUT2D eigenvalue weighted by atomic mass is 9.90. The Morgan fingerprint density at radius 2 is 2.00 bits per heavy atom. The third-order valence-corrected chi connectivity index (χ3v) is 3.35. The van der Waals surface area contributed by atoms with Gasteiger partial charge in [0.25, 0.3) is 0 Å². The van der Waals surface area contributed by atoms with E-state index in [-0.39, 0.29) is 0 Å². The van der Waals surface area contributed by atoms with Gasteiger partial charge >= 0.3 is 5.97 Å². The quantitative estimate of drug-likeness (QED) is 0.596. The van der Waals surface area contributed by atoms with Crippen LogP contribution < -0.4 is 0 Å². The average Bonchev–Trinajstić information content (AvgIpc) is 2.28. The molecule has 0 radical (unpaired) electrons. The summed E-state index contributed by atoms with van der Waals surface area (Å²) in [4.78, 5) is 10.9. The maximum atomic E-state index is 10.9. The van der Waals surface area contributed by atoms with Gasteiger partial charge in [-0.2, -0.15) is 0 Å². The number of hydrogen-bond donors (Lipinski definition) is 1. The Bertz CT molecular complexity index is 212. The van der Waals surface area contributed by atoms with Crippen LogP contribution in [0, 0.1) is 11.3 Å². The van der Waals surface area contributed by atoms with Crippen LogP contribution in [0.25, 0.3) is 0 Å². The zero-order valence-electron chi connectivity index (χ0n) is 11.8. The lowest BCUT2D eigenvalue weighted by molar-refractivity contribution is -0.148. The number of hydrogen-bond acceptors (Lipinski definition) is 2. The largest absolute Gasteiger partial charge is 0.481 e. The molecule has 0 aliphatic heterocycles. The molecule has 0 saturated carbocycles. The molecule has 1 unspecified atom stereocenters. The van der Waals surface area contributed by atoms with E-state index in [4.69, 9.17) is 9.84 Å². The normalized spacial score (nSPS) is 13.6. The van der Waals surface area contributed by atoms with Gasteiger partial charge in [-0.05, 0) is 32.6 Å². The van der Waals surface area contributed by atoms with Gasteiger partial charge in [0.2, 0.25) is 0 Å². The van der Waals surface area contributed by atoms with Crippen LogP contribution >= 0.6 is 0 Å². The lowest BCUT2D eigenvalue weighted by Crippen LogP contribution is -2.25. The van der Waals surface area contributed by atoms with E-state index in [0.29, 0.717) is 18.9 Å². The molecule has 0 aliphatic carbocycles. The predicted molar refractivity (Wildman–Crippen MR) is 70.2 cm³/mol. The molecule has 3 nitrogen and oxygen atoms in total. The van der Waals surface area contributed by atoms with Crippen molar-refractivity contribution in [3.8, 4) is 0 Å². The molecule has 0 aromatic heterocycles. The van der Waals surface area contributed by atoms with E-state index < -0.39 is 11.4 Å². The molecule has 3 heteroatoms. The van der Waals surface area contributed by atoms with Gasteiger partial charge in [0.1, 0.15) is 0 Å². The standard InChI is InChI=1S/C14H28O3/c1-5-7-8-12(6-2)11-17-10-9-14(3,4)13(15)16/h12H,5-11H2,1-4H3,(H,15,16). The second-order valence-corrected chi connectivity index (χ2v) is 5.43. The Hall–Kier alpha value is -0.570. The third kappa shape index (κ3) is 7.37. The highest BCUT2D eigenvalue weighted by atomic mass is 16.5. The van der Waals surface area contributed by atoms with Crippen molar-refractivity contribution in [2.75, 3.05) is 13.2 Å². The second-order valence-electron chi connectivity index (χ2n) is 5.43. The maximum Gasteiger partial charge on any atom is 0.309 e. The highest BCUT2D eigenvalue weighted by molar-refractivity contribution is 5.73. The van der Waals surface area contributed by atoms with E-state index >= 15 is 0 Å². The fourth-order valence-electron chi connectivity index (χ4n) is 1.58. The first-order valence-corrected chi connectivity index (χ1v) is 6.75. The van der Waals surface area contributed by atoms with Crippen LogP contribution in [0.2, 0.25) is 0 Å². The SMILES string of the molecule is CCCCC(CC)COCCC(C)(C)C(=O)O. The molecule has 0 saturated heterocycles. The topological polar surface area (TPSA) is 46.5 Å². The Morgan fingerprint density at radius 3 is 2.47 bits per heavy atom. The minimum absolute atomic E-state index is 0.544. The molecule has 0 aromatic carbocycles. The number of aliphatic carboxylic acids is 1. The van der Waals surface area contributed by atoms with Gasteiger partial charge in [0, 0.05) is 13.2 Å².